The third-order valence-electron chi connectivity index (χ3n) is 6.32. The number of nitrogens with two attached hydrogens (primary N) is 1. The van der Waals surface area contributed by atoms with Gasteiger partial charge in [0, 0.05) is 32.6 Å². The summed E-state index contributed by atoms with van der Waals surface area (Å²) in [6.07, 6.45) is 8.13. The number of morpholine rings is 1. The van der Waals surface area contributed by atoms with Crippen molar-refractivity contribution in [1.82, 2.24) is 9.80 Å². The second-order valence-corrected chi connectivity index (χ2v) is 8.06. The van der Waals surface area contributed by atoms with Gasteiger partial charge in [0.25, 0.3) is 0 Å². The number of carbonyl (C=O) groups is 2. The van der Waals surface area contributed by atoms with Crippen LogP contribution >= 0.6 is 0 Å². The van der Waals surface area contributed by atoms with Crippen LogP contribution in [-0.2, 0) is 14.3 Å². The van der Waals surface area contributed by atoms with Crippen molar-refractivity contribution in [2.75, 3.05) is 45.9 Å². The van der Waals surface area contributed by atoms with Gasteiger partial charge < -0.3 is 20.3 Å². The Labute approximate surface area is 151 Å². The van der Waals surface area contributed by atoms with E-state index in [-0.39, 0.29) is 23.1 Å². The van der Waals surface area contributed by atoms with E-state index in [0.29, 0.717) is 45.8 Å². The number of ether oxygens (including phenoxy) is 1. The fourth-order valence-corrected chi connectivity index (χ4v) is 4.63. The third kappa shape index (κ3) is 4.53. The lowest BCUT2D eigenvalue weighted by atomic mass is 9.71. The molecule has 0 radical (unpaired) electrons. The summed E-state index contributed by atoms with van der Waals surface area (Å²) in [7, 11) is 0. The van der Waals surface area contributed by atoms with Gasteiger partial charge in [-0.05, 0) is 37.6 Å². The van der Waals surface area contributed by atoms with Gasteiger partial charge in [0.2, 0.25) is 11.8 Å². The van der Waals surface area contributed by atoms with E-state index in [1.165, 1.54) is 19.3 Å². The molecule has 2 amide bonds. The van der Waals surface area contributed by atoms with E-state index in [4.69, 9.17) is 10.5 Å². The second-order valence-electron chi connectivity index (χ2n) is 8.06. The molecule has 2 saturated heterocycles. The number of amides is 2. The Hall–Kier alpha value is -1.14. The molecule has 1 unspecified atom stereocenters. The van der Waals surface area contributed by atoms with E-state index in [9.17, 15) is 9.59 Å². The zero-order chi connectivity index (χ0) is 17.7. The molecule has 0 aromatic carbocycles. The fraction of sp³-hybridized carbons (Fsp3) is 0.895. The van der Waals surface area contributed by atoms with Gasteiger partial charge in [-0.25, -0.2) is 0 Å². The second kappa shape index (κ2) is 8.49. The standard InChI is InChI=1S/C19H33N3O3/c20-15-19(6-2-1-3-7-19)13-17(23)22-8-4-5-16(14-22)18(24)21-9-11-25-12-10-21/h16H,1-15,20H2. The smallest absolute Gasteiger partial charge is 0.227 e. The van der Waals surface area contributed by atoms with Crippen LogP contribution in [0.25, 0.3) is 0 Å². The van der Waals surface area contributed by atoms with E-state index in [1.54, 1.807) is 0 Å². The molecule has 6 heteroatoms. The Kier molecular flexibility index (Phi) is 6.34. The molecule has 2 heterocycles. The van der Waals surface area contributed by atoms with E-state index in [1.807, 2.05) is 9.80 Å². The lowest BCUT2D eigenvalue weighted by molar-refractivity contribution is -0.144. The average molecular weight is 351 g/mol. The van der Waals surface area contributed by atoms with Crippen LogP contribution in [0.3, 0.4) is 0 Å². The molecule has 2 aliphatic heterocycles. The maximum absolute atomic E-state index is 12.9. The maximum Gasteiger partial charge on any atom is 0.227 e. The van der Waals surface area contributed by atoms with Gasteiger partial charge in [0.05, 0.1) is 19.1 Å². The van der Waals surface area contributed by atoms with Crippen molar-refractivity contribution >= 4 is 11.8 Å². The highest BCUT2D eigenvalue weighted by Crippen LogP contribution is 2.39. The number of piperidine rings is 1. The van der Waals surface area contributed by atoms with E-state index >= 15 is 0 Å². The lowest BCUT2D eigenvalue weighted by Crippen LogP contribution is -2.50. The summed E-state index contributed by atoms with van der Waals surface area (Å²) < 4.78 is 5.33. The van der Waals surface area contributed by atoms with Crippen LogP contribution in [0, 0.1) is 11.3 Å². The quantitative estimate of drug-likeness (QED) is 0.830. The number of nitrogens with zero attached hydrogens (tertiary/aromatic N) is 2. The van der Waals surface area contributed by atoms with Gasteiger partial charge >= 0.3 is 0 Å². The topological polar surface area (TPSA) is 75.9 Å². The largest absolute Gasteiger partial charge is 0.378 e. The number of rotatable bonds is 4. The molecule has 142 valence electrons. The van der Waals surface area contributed by atoms with Gasteiger partial charge in [-0.3, -0.25) is 9.59 Å². The molecule has 0 bridgehead atoms. The van der Waals surface area contributed by atoms with Gasteiger partial charge in [-0.1, -0.05) is 19.3 Å². The Morgan fingerprint density at radius 2 is 1.72 bits per heavy atom. The first-order valence-corrected chi connectivity index (χ1v) is 9.98. The number of hydrogen-bond donors (Lipinski definition) is 1. The van der Waals surface area contributed by atoms with Crippen LogP contribution in [0.15, 0.2) is 0 Å². The Morgan fingerprint density at radius 1 is 1.00 bits per heavy atom. The molecule has 3 rings (SSSR count). The highest BCUT2D eigenvalue weighted by Gasteiger charge is 2.37. The van der Waals surface area contributed by atoms with Crippen LogP contribution < -0.4 is 5.73 Å². The van der Waals surface area contributed by atoms with Gasteiger partial charge in [-0.15, -0.1) is 0 Å². The summed E-state index contributed by atoms with van der Waals surface area (Å²) in [5.74, 6) is 0.356. The number of likely N-dealkylation sites (tertiary alicyclic amines) is 1. The first-order chi connectivity index (χ1) is 12.1. The van der Waals surface area contributed by atoms with E-state index in [2.05, 4.69) is 0 Å². The summed E-state index contributed by atoms with van der Waals surface area (Å²) >= 11 is 0. The summed E-state index contributed by atoms with van der Waals surface area (Å²) in [6.45, 7) is 4.57. The molecule has 3 fully saturated rings. The molecule has 25 heavy (non-hydrogen) atoms. The minimum atomic E-state index is -0.0454. The molecule has 6 nitrogen and oxygen atoms in total. The van der Waals surface area contributed by atoms with Crippen LogP contribution in [0.2, 0.25) is 0 Å². The molecule has 3 aliphatic rings. The van der Waals surface area contributed by atoms with Crippen molar-refractivity contribution in [2.45, 2.75) is 51.4 Å². The van der Waals surface area contributed by atoms with Crippen LogP contribution in [0.1, 0.15) is 51.4 Å². The normalized spacial score (nSPS) is 27.2. The van der Waals surface area contributed by atoms with Crippen molar-refractivity contribution in [3.05, 3.63) is 0 Å². The summed E-state index contributed by atoms with van der Waals surface area (Å²) in [5, 5.41) is 0. The predicted molar refractivity (Wildman–Crippen MR) is 95.9 cm³/mol. The minimum absolute atomic E-state index is 0.00348. The third-order valence-corrected chi connectivity index (χ3v) is 6.32. The molecule has 2 N–H and O–H groups in total. The van der Waals surface area contributed by atoms with Gasteiger partial charge in [-0.2, -0.15) is 0 Å². The number of hydrogen-bond acceptors (Lipinski definition) is 4. The first-order valence-electron chi connectivity index (χ1n) is 9.98. The fourth-order valence-electron chi connectivity index (χ4n) is 4.63. The van der Waals surface area contributed by atoms with Crippen molar-refractivity contribution in [1.29, 1.82) is 0 Å². The van der Waals surface area contributed by atoms with Crippen molar-refractivity contribution in [3.8, 4) is 0 Å². The molecule has 0 aromatic heterocycles. The molecule has 1 atom stereocenters. The van der Waals surface area contributed by atoms with Crippen molar-refractivity contribution < 1.29 is 14.3 Å². The molecule has 1 saturated carbocycles. The Morgan fingerprint density at radius 3 is 2.40 bits per heavy atom. The Bertz CT molecular complexity index is 471. The van der Waals surface area contributed by atoms with Gasteiger partial charge in [0.1, 0.15) is 0 Å². The highest BCUT2D eigenvalue weighted by molar-refractivity contribution is 5.81. The van der Waals surface area contributed by atoms with Gasteiger partial charge in [0.15, 0.2) is 0 Å². The molecule has 1 aliphatic carbocycles. The maximum atomic E-state index is 12.9. The van der Waals surface area contributed by atoms with Crippen molar-refractivity contribution in [2.24, 2.45) is 17.1 Å². The van der Waals surface area contributed by atoms with Crippen LogP contribution in [0.5, 0.6) is 0 Å². The summed E-state index contributed by atoms with van der Waals surface area (Å²) in [4.78, 5) is 29.5. The monoisotopic (exact) mass is 351 g/mol. The zero-order valence-electron chi connectivity index (χ0n) is 15.4. The van der Waals surface area contributed by atoms with Crippen LogP contribution in [-0.4, -0.2) is 67.6 Å². The van der Waals surface area contributed by atoms with Crippen molar-refractivity contribution in [3.63, 3.8) is 0 Å². The Balaban J connectivity index is 1.56. The zero-order valence-corrected chi connectivity index (χ0v) is 15.4. The van der Waals surface area contributed by atoms with Crippen LogP contribution in [0.4, 0.5) is 0 Å². The highest BCUT2D eigenvalue weighted by atomic mass is 16.5. The molecular formula is C19H33N3O3. The lowest BCUT2D eigenvalue weighted by Gasteiger charge is -2.40. The predicted octanol–water partition coefficient (Wildman–Crippen LogP) is 1.38. The summed E-state index contributed by atoms with van der Waals surface area (Å²) in [6, 6.07) is 0. The summed E-state index contributed by atoms with van der Waals surface area (Å²) in [5.41, 5.74) is 6.04. The first kappa shape index (κ1) is 18.6. The molecular weight excluding hydrogens is 318 g/mol. The van der Waals surface area contributed by atoms with E-state index in [0.717, 1.165) is 32.2 Å². The van der Waals surface area contributed by atoms with E-state index < -0.39 is 0 Å². The molecule has 0 aromatic rings. The minimum Gasteiger partial charge on any atom is -0.378 e. The number of carbonyl (C=O) groups excluding carboxylic acids is 2. The molecule has 0 spiro atoms. The average Bonchev–Trinajstić information content (AvgIpc) is 2.69. The SMILES string of the molecule is NCC1(CC(=O)N2CCCC(C(=O)N3CCOCC3)C2)CCCCC1.